The van der Waals surface area contributed by atoms with Gasteiger partial charge in [-0.15, -0.1) is 0 Å². The number of alkyl carbamates (subject to hydrolysis) is 1. The zero-order chi connectivity index (χ0) is 31.3. The zero-order valence-corrected chi connectivity index (χ0v) is 25.4. The van der Waals surface area contributed by atoms with E-state index in [2.05, 4.69) is 46.3 Å². The minimum Gasteiger partial charge on any atom is -0.444 e. The fourth-order valence-corrected chi connectivity index (χ4v) is 6.02. The number of hydrogen-bond donors (Lipinski definition) is 2. The van der Waals surface area contributed by atoms with Crippen molar-refractivity contribution in [3.05, 3.63) is 126 Å². The van der Waals surface area contributed by atoms with E-state index in [-0.39, 0.29) is 6.42 Å². The number of primary amides is 1. The first kappa shape index (κ1) is 30.5. The highest BCUT2D eigenvalue weighted by atomic mass is 16.6. The molecule has 0 aliphatic carbocycles. The maximum Gasteiger partial charge on any atom is 0.408 e. The molecule has 0 spiro atoms. The molecule has 3 aromatic carbocycles. The summed E-state index contributed by atoms with van der Waals surface area (Å²) in [7, 11) is 0. The zero-order valence-electron chi connectivity index (χ0n) is 25.4. The van der Waals surface area contributed by atoms with Crippen LogP contribution in [0.2, 0.25) is 0 Å². The molecular weight excluding hydrogens is 554 g/mol. The minimum atomic E-state index is -1.02. The van der Waals surface area contributed by atoms with Gasteiger partial charge in [-0.2, -0.15) is 0 Å². The summed E-state index contributed by atoms with van der Waals surface area (Å²) in [6.07, 6.45) is 4.18. The van der Waals surface area contributed by atoms with Gasteiger partial charge in [-0.1, -0.05) is 91.0 Å². The van der Waals surface area contributed by atoms with Gasteiger partial charge in [0.2, 0.25) is 11.8 Å². The third-order valence-electron chi connectivity index (χ3n) is 7.86. The van der Waals surface area contributed by atoms with Gasteiger partial charge in [0.05, 0.1) is 12.0 Å². The van der Waals surface area contributed by atoms with E-state index >= 15 is 0 Å². The van der Waals surface area contributed by atoms with Gasteiger partial charge >= 0.3 is 6.09 Å². The lowest BCUT2D eigenvalue weighted by atomic mass is 9.77. The molecule has 44 heavy (non-hydrogen) atoms. The second-order valence-electron chi connectivity index (χ2n) is 12.1. The lowest BCUT2D eigenvalue weighted by Crippen LogP contribution is -2.54. The molecule has 0 radical (unpaired) electrons. The summed E-state index contributed by atoms with van der Waals surface area (Å²) in [5.41, 5.74) is 7.75. The lowest BCUT2D eigenvalue weighted by Gasteiger charge is -2.37. The number of nitrogens with one attached hydrogen (secondary N) is 1. The van der Waals surface area contributed by atoms with Crippen LogP contribution in [0.3, 0.4) is 0 Å². The predicted octanol–water partition coefficient (Wildman–Crippen LogP) is 4.64. The molecule has 1 aliphatic heterocycles. The molecule has 0 bridgehead atoms. The normalized spacial score (nSPS) is 15.9. The number of rotatable bonds is 9. The first-order valence-corrected chi connectivity index (χ1v) is 14.9. The van der Waals surface area contributed by atoms with Crippen LogP contribution >= 0.6 is 0 Å². The second-order valence-corrected chi connectivity index (χ2v) is 12.1. The Bertz CT molecular complexity index is 1480. The highest BCUT2D eigenvalue weighted by Gasteiger charge is 2.40. The van der Waals surface area contributed by atoms with Crippen molar-refractivity contribution in [1.82, 2.24) is 19.8 Å². The van der Waals surface area contributed by atoms with E-state index in [1.165, 1.54) is 4.90 Å². The average molecular weight is 594 g/mol. The molecule has 1 fully saturated rings. The van der Waals surface area contributed by atoms with E-state index in [0.717, 1.165) is 16.7 Å². The molecule has 0 unspecified atom stereocenters. The number of benzene rings is 3. The number of carbonyl (C=O) groups is 3. The van der Waals surface area contributed by atoms with E-state index in [4.69, 9.17) is 15.5 Å². The largest absolute Gasteiger partial charge is 0.444 e. The monoisotopic (exact) mass is 593 g/mol. The highest BCUT2D eigenvalue weighted by molar-refractivity contribution is 5.91. The molecule has 1 aromatic heterocycles. The molecule has 4 aromatic rings. The Morgan fingerprint density at radius 1 is 0.909 bits per heavy atom. The Balaban J connectivity index is 1.57. The molecule has 1 saturated heterocycles. The number of likely N-dealkylation sites (tertiary alicyclic amines) is 1. The predicted molar refractivity (Wildman–Crippen MR) is 168 cm³/mol. The van der Waals surface area contributed by atoms with Crippen molar-refractivity contribution < 1.29 is 19.1 Å². The van der Waals surface area contributed by atoms with Crippen molar-refractivity contribution in [3.63, 3.8) is 0 Å². The van der Waals surface area contributed by atoms with E-state index in [9.17, 15) is 14.4 Å². The van der Waals surface area contributed by atoms with E-state index in [0.29, 0.717) is 25.1 Å². The SMILES string of the molecule is CC(C)(C)OC(=O)N[C@@H](Cc1cn(C(c2ccccc2)(c2ccccc2)c2ccccc2)cn1)C(=O)N1CCC[C@H]1C(N)=O. The summed E-state index contributed by atoms with van der Waals surface area (Å²) >= 11 is 0. The Kier molecular flexibility index (Phi) is 8.85. The summed E-state index contributed by atoms with van der Waals surface area (Å²) in [5, 5.41) is 2.75. The van der Waals surface area contributed by atoms with Crippen molar-refractivity contribution in [2.75, 3.05) is 6.54 Å². The number of ether oxygens (including phenoxy) is 1. The van der Waals surface area contributed by atoms with Gasteiger partial charge in [-0.3, -0.25) is 9.59 Å². The van der Waals surface area contributed by atoms with E-state index < -0.39 is 41.1 Å². The van der Waals surface area contributed by atoms with Crippen molar-refractivity contribution >= 4 is 17.9 Å². The molecular formula is C35H39N5O4. The van der Waals surface area contributed by atoms with Gasteiger partial charge in [0.15, 0.2) is 0 Å². The molecule has 0 saturated carbocycles. The molecule has 5 rings (SSSR count). The van der Waals surface area contributed by atoms with Gasteiger partial charge in [-0.05, 0) is 50.3 Å². The van der Waals surface area contributed by atoms with Gasteiger partial charge in [-0.25, -0.2) is 9.78 Å². The van der Waals surface area contributed by atoms with Crippen molar-refractivity contribution in [3.8, 4) is 0 Å². The second kappa shape index (κ2) is 12.8. The summed E-state index contributed by atoms with van der Waals surface area (Å²) in [4.78, 5) is 45.1. The maximum atomic E-state index is 13.8. The fourth-order valence-electron chi connectivity index (χ4n) is 6.02. The Labute approximate surface area is 258 Å². The molecule has 3 amide bonds. The van der Waals surface area contributed by atoms with Crippen LogP contribution in [0, 0.1) is 0 Å². The molecule has 228 valence electrons. The third-order valence-corrected chi connectivity index (χ3v) is 7.86. The molecule has 2 heterocycles. The van der Waals surface area contributed by atoms with Crippen molar-refractivity contribution in [2.24, 2.45) is 5.73 Å². The Hall–Kier alpha value is -4.92. The van der Waals surface area contributed by atoms with E-state index in [1.54, 1.807) is 27.1 Å². The summed E-state index contributed by atoms with van der Waals surface area (Å²) in [6.45, 7) is 5.65. The average Bonchev–Trinajstić information content (AvgIpc) is 3.69. The fraction of sp³-hybridized carbons (Fsp3) is 0.314. The van der Waals surface area contributed by atoms with Gasteiger partial charge in [0.1, 0.15) is 23.2 Å². The number of amides is 3. The topological polar surface area (TPSA) is 120 Å². The summed E-state index contributed by atoms with van der Waals surface area (Å²) in [5.74, 6) is -0.957. The maximum absolute atomic E-state index is 13.8. The quantitative estimate of drug-likeness (QED) is 0.274. The van der Waals surface area contributed by atoms with Gasteiger partial charge in [0, 0.05) is 19.2 Å². The standard InChI is InChI=1S/C35H39N5O4/c1-34(2,3)44-33(43)38-29(32(42)40-21-13-20-30(40)31(36)41)22-28-23-39(24-37-28)35(25-14-7-4-8-15-25,26-16-9-5-10-17-26)27-18-11-6-12-19-27/h4-12,14-19,23-24,29-30H,13,20-22H2,1-3H3,(H2,36,41)(H,38,43)/t29-,30-/m0/s1. The number of carbonyl (C=O) groups excluding carboxylic acids is 3. The number of aromatic nitrogens is 2. The van der Waals surface area contributed by atoms with Crippen LogP contribution in [0.4, 0.5) is 4.79 Å². The van der Waals surface area contributed by atoms with E-state index in [1.807, 2.05) is 60.8 Å². The molecule has 9 heteroatoms. The molecule has 9 nitrogen and oxygen atoms in total. The first-order chi connectivity index (χ1) is 21.1. The lowest BCUT2D eigenvalue weighted by molar-refractivity contribution is -0.139. The molecule has 1 aliphatic rings. The third kappa shape index (κ3) is 6.37. The van der Waals surface area contributed by atoms with Crippen LogP contribution in [-0.2, 0) is 26.3 Å². The highest BCUT2D eigenvalue weighted by Crippen LogP contribution is 2.40. The molecule has 2 atom stereocenters. The summed E-state index contributed by atoms with van der Waals surface area (Å²) < 4.78 is 7.54. The first-order valence-electron chi connectivity index (χ1n) is 14.9. The van der Waals surface area contributed by atoms with Crippen LogP contribution < -0.4 is 11.1 Å². The van der Waals surface area contributed by atoms with Crippen LogP contribution in [0.25, 0.3) is 0 Å². The van der Waals surface area contributed by atoms with Crippen LogP contribution in [0.1, 0.15) is 56.0 Å². The van der Waals surface area contributed by atoms with Crippen LogP contribution in [0.15, 0.2) is 104 Å². The van der Waals surface area contributed by atoms with Crippen LogP contribution in [-0.4, -0.2) is 56.6 Å². The Morgan fingerprint density at radius 2 is 1.43 bits per heavy atom. The van der Waals surface area contributed by atoms with Crippen molar-refractivity contribution in [2.45, 2.75) is 63.3 Å². The van der Waals surface area contributed by atoms with Crippen LogP contribution in [0.5, 0.6) is 0 Å². The van der Waals surface area contributed by atoms with Gasteiger partial charge < -0.3 is 25.3 Å². The van der Waals surface area contributed by atoms with Gasteiger partial charge in [0.25, 0.3) is 0 Å². The smallest absolute Gasteiger partial charge is 0.408 e. The number of nitrogens with zero attached hydrogens (tertiary/aromatic N) is 3. The molecule has 3 N–H and O–H groups in total. The number of imidazole rings is 1. The summed E-state index contributed by atoms with van der Waals surface area (Å²) in [6, 6.07) is 28.8. The number of hydrogen-bond acceptors (Lipinski definition) is 5. The number of nitrogens with two attached hydrogens (primary N) is 1. The minimum absolute atomic E-state index is 0.0848. The Morgan fingerprint density at radius 3 is 1.91 bits per heavy atom. The van der Waals surface area contributed by atoms with Crippen molar-refractivity contribution in [1.29, 1.82) is 0 Å².